The summed E-state index contributed by atoms with van der Waals surface area (Å²) in [6.45, 7) is 4.06. The minimum Gasteiger partial charge on any atom is -0.503 e. The minimum atomic E-state index is -0.606. The van der Waals surface area contributed by atoms with E-state index in [0.717, 1.165) is 5.56 Å². The second kappa shape index (κ2) is 6.97. The number of Topliss-reactive ketones (excluding diaryl/α,β-unsaturated/α-hetero) is 1. The van der Waals surface area contributed by atoms with E-state index < -0.39 is 17.7 Å². The predicted octanol–water partition coefficient (Wildman–Crippen LogP) is 3.79. The van der Waals surface area contributed by atoms with Crippen molar-refractivity contribution in [1.29, 1.82) is 0 Å². The van der Waals surface area contributed by atoms with Crippen LogP contribution in [0.5, 0.6) is 0 Å². The molecule has 5 nitrogen and oxygen atoms in total. The fraction of sp³-hybridized carbons (Fsp3) is 0.300. The van der Waals surface area contributed by atoms with Crippen LogP contribution in [-0.4, -0.2) is 21.7 Å². The second-order valence-electron chi connectivity index (χ2n) is 6.61. The summed E-state index contributed by atoms with van der Waals surface area (Å²) in [6, 6.07) is 12.2. The Hall–Kier alpha value is -2.82. The molecule has 1 aliphatic heterocycles. The third-order valence-corrected chi connectivity index (χ3v) is 4.22. The Morgan fingerprint density at radius 3 is 2.52 bits per heavy atom. The number of furan rings is 1. The van der Waals surface area contributed by atoms with Crippen LogP contribution in [0, 0.1) is 5.92 Å². The Balaban J connectivity index is 2.02. The van der Waals surface area contributed by atoms with Crippen LogP contribution >= 0.6 is 0 Å². The smallest absolute Gasteiger partial charge is 0.290 e. The zero-order chi connectivity index (χ0) is 18.0. The van der Waals surface area contributed by atoms with Gasteiger partial charge in [-0.3, -0.25) is 9.59 Å². The highest BCUT2D eigenvalue weighted by Crippen LogP contribution is 2.39. The molecule has 2 heterocycles. The number of ketones is 1. The molecule has 0 saturated carbocycles. The van der Waals surface area contributed by atoms with Crippen LogP contribution < -0.4 is 0 Å². The van der Waals surface area contributed by atoms with Gasteiger partial charge in [0.25, 0.3) is 5.91 Å². The molecular formula is C20H21NO4. The molecule has 3 rings (SSSR count). The van der Waals surface area contributed by atoms with Crippen molar-refractivity contribution >= 4 is 11.7 Å². The van der Waals surface area contributed by atoms with E-state index >= 15 is 0 Å². The van der Waals surface area contributed by atoms with Crippen LogP contribution in [0.3, 0.4) is 0 Å². The molecule has 1 aromatic heterocycles. The highest BCUT2D eigenvalue weighted by molar-refractivity contribution is 6.08. The first-order valence-corrected chi connectivity index (χ1v) is 8.33. The van der Waals surface area contributed by atoms with E-state index in [1.54, 1.807) is 12.1 Å². The van der Waals surface area contributed by atoms with E-state index in [1.807, 2.05) is 44.2 Å². The summed E-state index contributed by atoms with van der Waals surface area (Å²) in [5.41, 5.74) is 0.968. The third-order valence-electron chi connectivity index (χ3n) is 4.22. The molecule has 0 fully saturated rings. The Kier molecular flexibility index (Phi) is 4.74. The maximum Gasteiger partial charge on any atom is 0.290 e. The number of hydrogen-bond donors (Lipinski definition) is 1. The molecule has 1 N–H and O–H groups in total. The van der Waals surface area contributed by atoms with Gasteiger partial charge in [0.1, 0.15) is 5.76 Å². The molecule has 25 heavy (non-hydrogen) atoms. The normalized spacial score (nSPS) is 17.6. The van der Waals surface area contributed by atoms with Gasteiger partial charge in [-0.2, -0.15) is 0 Å². The number of hydrogen-bond acceptors (Lipinski definition) is 4. The Morgan fingerprint density at radius 1 is 1.20 bits per heavy atom. The van der Waals surface area contributed by atoms with Crippen molar-refractivity contribution in [3.8, 4) is 0 Å². The fourth-order valence-electron chi connectivity index (χ4n) is 3.13. The fourth-order valence-corrected chi connectivity index (χ4v) is 3.13. The molecule has 1 aromatic carbocycles. The Morgan fingerprint density at radius 2 is 1.92 bits per heavy atom. The second-order valence-corrected chi connectivity index (χ2v) is 6.61. The molecule has 1 amide bonds. The number of amides is 1. The van der Waals surface area contributed by atoms with Crippen LogP contribution in [0.25, 0.3) is 0 Å². The molecule has 1 unspecified atom stereocenters. The molecule has 0 saturated heterocycles. The maximum atomic E-state index is 12.7. The number of nitrogens with zero attached hydrogens (tertiary/aromatic N) is 1. The van der Waals surface area contributed by atoms with Gasteiger partial charge in [0.2, 0.25) is 0 Å². The minimum absolute atomic E-state index is 0.137. The highest BCUT2D eigenvalue weighted by atomic mass is 16.3. The largest absolute Gasteiger partial charge is 0.503 e. The van der Waals surface area contributed by atoms with Crippen molar-refractivity contribution < 1.29 is 19.1 Å². The lowest BCUT2D eigenvalue weighted by molar-refractivity contribution is -0.130. The average Bonchev–Trinajstić information content (AvgIpc) is 3.17. The van der Waals surface area contributed by atoms with Crippen molar-refractivity contribution in [3.63, 3.8) is 0 Å². The zero-order valence-electron chi connectivity index (χ0n) is 14.3. The topological polar surface area (TPSA) is 70.8 Å². The summed E-state index contributed by atoms with van der Waals surface area (Å²) >= 11 is 0. The Labute approximate surface area is 146 Å². The lowest BCUT2D eigenvalue weighted by Gasteiger charge is -2.26. The van der Waals surface area contributed by atoms with Crippen molar-refractivity contribution in [1.82, 2.24) is 4.90 Å². The molecule has 130 valence electrons. The van der Waals surface area contributed by atoms with Gasteiger partial charge in [-0.05, 0) is 23.6 Å². The van der Waals surface area contributed by atoms with Crippen molar-refractivity contribution in [2.75, 3.05) is 0 Å². The zero-order valence-corrected chi connectivity index (χ0v) is 14.3. The van der Waals surface area contributed by atoms with Crippen LogP contribution in [0.2, 0.25) is 0 Å². The van der Waals surface area contributed by atoms with E-state index in [0.29, 0.717) is 5.76 Å². The van der Waals surface area contributed by atoms with Gasteiger partial charge < -0.3 is 14.4 Å². The number of rotatable bonds is 6. The number of aliphatic hydroxyl groups is 1. The van der Waals surface area contributed by atoms with Gasteiger partial charge >= 0.3 is 0 Å². The standard InChI is InChI=1S/C20H21NO4/c1-13(2)11-16(22)17-18(14-7-4-3-5-8-14)21(20(24)19(17)23)12-15-9-6-10-25-15/h3-10,13,18,23H,11-12H2,1-2H3. The number of carbonyl (C=O) groups is 2. The summed E-state index contributed by atoms with van der Waals surface area (Å²) in [7, 11) is 0. The number of aliphatic hydroxyl groups excluding tert-OH is 1. The number of carbonyl (C=O) groups excluding carboxylic acids is 2. The molecule has 1 atom stereocenters. The van der Waals surface area contributed by atoms with Crippen LogP contribution in [0.1, 0.15) is 37.6 Å². The van der Waals surface area contributed by atoms with Crippen LogP contribution in [0.15, 0.2) is 64.5 Å². The first kappa shape index (κ1) is 17.0. The molecular weight excluding hydrogens is 318 g/mol. The van der Waals surface area contributed by atoms with E-state index in [2.05, 4.69) is 0 Å². The summed E-state index contributed by atoms with van der Waals surface area (Å²) in [4.78, 5) is 26.8. The van der Waals surface area contributed by atoms with E-state index in [-0.39, 0.29) is 30.2 Å². The van der Waals surface area contributed by atoms with Gasteiger partial charge in [-0.25, -0.2) is 0 Å². The lowest BCUT2D eigenvalue weighted by Crippen LogP contribution is -2.30. The Bertz CT molecular complexity index is 790. The third kappa shape index (κ3) is 3.36. The van der Waals surface area contributed by atoms with E-state index in [1.165, 1.54) is 11.2 Å². The van der Waals surface area contributed by atoms with Gasteiger partial charge in [0.15, 0.2) is 11.5 Å². The summed E-state index contributed by atoms with van der Waals surface area (Å²) in [5.74, 6) is -0.460. The van der Waals surface area contributed by atoms with Gasteiger partial charge in [-0.15, -0.1) is 0 Å². The quantitative estimate of drug-likeness (QED) is 0.869. The highest BCUT2D eigenvalue weighted by Gasteiger charge is 2.43. The molecule has 1 aliphatic rings. The molecule has 5 heteroatoms. The van der Waals surface area contributed by atoms with E-state index in [4.69, 9.17) is 4.42 Å². The first-order chi connectivity index (χ1) is 12.0. The lowest BCUT2D eigenvalue weighted by atomic mass is 9.92. The predicted molar refractivity (Wildman–Crippen MR) is 92.6 cm³/mol. The van der Waals surface area contributed by atoms with Gasteiger partial charge in [-0.1, -0.05) is 44.2 Å². The summed E-state index contributed by atoms with van der Waals surface area (Å²) in [5, 5.41) is 10.4. The molecule has 0 bridgehead atoms. The van der Waals surface area contributed by atoms with Crippen molar-refractivity contribution in [2.45, 2.75) is 32.9 Å². The van der Waals surface area contributed by atoms with Gasteiger partial charge in [0, 0.05) is 6.42 Å². The monoisotopic (exact) mass is 339 g/mol. The molecule has 2 aromatic rings. The van der Waals surface area contributed by atoms with Crippen molar-refractivity contribution in [2.24, 2.45) is 5.92 Å². The maximum absolute atomic E-state index is 12.7. The molecule has 0 aliphatic carbocycles. The van der Waals surface area contributed by atoms with E-state index in [9.17, 15) is 14.7 Å². The molecule has 0 spiro atoms. The molecule has 0 radical (unpaired) electrons. The average molecular weight is 339 g/mol. The van der Waals surface area contributed by atoms with Gasteiger partial charge in [0.05, 0.1) is 24.4 Å². The first-order valence-electron chi connectivity index (χ1n) is 8.33. The summed E-state index contributed by atoms with van der Waals surface area (Å²) < 4.78 is 5.34. The summed E-state index contributed by atoms with van der Waals surface area (Å²) in [6.07, 6.45) is 1.82. The SMILES string of the molecule is CC(C)CC(=O)C1=C(O)C(=O)N(Cc2ccco2)C1c1ccccc1. The van der Waals surface area contributed by atoms with Crippen molar-refractivity contribution in [3.05, 3.63) is 71.4 Å². The number of benzene rings is 1. The van der Waals surface area contributed by atoms with Crippen LogP contribution in [0.4, 0.5) is 0 Å². The van der Waals surface area contributed by atoms with Crippen LogP contribution in [-0.2, 0) is 16.1 Å².